The fourth-order valence-corrected chi connectivity index (χ4v) is 3.32. The number of benzene rings is 1. The van der Waals surface area contributed by atoms with Crippen LogP contribution < -0.4 is 4.72 Å². The van der Waals surface area contributed by atoms with Crippen LogP contribution in [0.3, 0.4) is 0 Å². The Balaban J connectivity index is 3.21. The largest absolute Gasteiger partial charge is 0.478 e. The van der Waals surface area contributed by atoms with Crippen LogP contribution in [0.25, 0.3) is 0 Å². The Morgan fingerprint density at radius 3 is 2.50 bits per heavy atom. The van der Waals surface area contributed by atoms with Gasteiger partial charge in [0, 0.05) is 11.6 Å². The second-order valence-electron chi connectivity index (χ2n) is 3.98. The van der Waals surface area contributed by atoms with Gasteiger partial charge in [-0.2, -0.15) is 0 Å². The van der Waals surface area contributed by atoms with Crippen LogP contribution in [-0.2, 0) is 10.0 Å². The van der Waals surface area contributed by atoms with Crippen LogP contribution >= 0.6 is 23.2 Å². The highest BCUT2D eigenvalue weighted by Crippen LogP contribution is 2.29. The van der Waals surface area contributed by atoms with Crippen molar-refractivity contribution in [2.45, 2.75) is 24.3 Å². The molecule has 9 heteroatoms. The number of sulfonamides is 1. The van der Waals surface area contributed by atoms with E-state index in [1.165, 1.54) is 0 Å². The van der Waals surface area contributed by atoms with Gasteiger partial charge >= 0.3 is 5.97 Å². The minimum Gasteiger partial charge on any atom is -0.478 e. The van der Waals surface area contributed by atoms with Gasteiger partial charge in [-0.3, -0.25) is 0 Å². The molecule has 1 atom stereocenters. The molecule has 0 aromatic heterocycles. The van der Waals surface area contributed by atoms with Crippen molar-refractivity contribution in [1.29, 1.82) is 0 Å². The molecule has 0 saturated carbocycles. The van der Waals surface area contributed by atoms with Crippen LogP contribution in [0.15, 0.2) is 17.0 Å². The van der Waals surface area contributed by atoms with Gasteiger partial charge in [0.2, 0.25) is 10.0 Å². The topological polar surface area (TPSA) is 104 Å². The quantitative estimate of drug-likeness (QED) is 0.731. The number of nitrogens with one attached hydrogen (secondary N) is 1. The highest BCUT2D eigenvalue weighted by Gasteiger charge is 2.24. The normalized spacial score (nSPS) is 13.2. The van der Waals surface area contributed by atoms with Crippen molar-refractivity contribution in [2.24, 2.45) is 0 Å². The summed E-state index contributed by atoms with van der Waals surface area (Å²) < 4.78 is 26.2. The van der Waals surface area contributed by atoms with E-state index in [9.17, 15) is 18.3 Å². The molecule has 3 N–H and O–H groups in total. The van der Waals surface area contributed by atoms with E-state index < -0.39 is 37.6 Å². The van der Waals surface area contributed by atoms with E-state index in [1.54, 1.807) is 6.92 Å². The monoisotopic (exact) mass is 341 g/mol. The highest BCUT2D eigenvalue weighted by atomic mass is 35.5. The van der Waals surface area contributed by atoms with Gasteiger partial charge in [-0.15, -0.1) is 0 Å². The Morgan fingerprint density at radius 2 is 2.00 bits per heavy atom. The fraction of sp³-hybridized carbons (Fsp3) is 0.364. The summed E-state index contributed by atoms with van der Waals surface area (Å²) in [7, 11) is -4.06. The lowest BCUT2D eigenvalue weighted by Gasteiger charge is -2.12. The standard InChI is InChI=1S/C11H13Cl2NO5S/c1-2-7(15)5-14-20(18,19)9-4-6(12)3-8(10(9)13)11(16)17/h3-4,7,14-15H,2,5H2,1H3,(H,16,17). The zero-order chi connectivity index (χ0) is 15.5. The number of carboxylic acids is 1. The molecule has 6 nitrogen and oxygen atoms in total. The van der Waals surface area contributed by atoms with Gasteiger partial charge in [-0.25, -0.2) is 17.9 Å². The van der Waals surface area contributed by atoms with E-state index in [2.05, 4.69) is 4.72 Å². The van der Waals surface area contributed by atoms with E-state index in [-0.39, 0.29) is 11.6 Å². The number of aliphatic hydroxyl groups is 1. The molecular weight excluding hydrogens is 329 g/mol. The summed E-state index contributed by atoms with van der Waals surface area (Å²) in [6.07, 6.45) is -0.478. The maximum Gasteiger partial charge on any atom is 0.337 e. The molecule has 0 saturated heterocycles. The lowest BCUT2D eigenvalue weighted by molar-refractivity contribution is 0.0697. The minimum absolute atomic E-state index is 0.0665. The first-order valence-electron chi connectivity index (χ1n) is 5.59. The summed E-state index contributed by atoms with van der Waals surface area (Å²) in [4.78, 5) is 10.5. The summed E-state index contributed by atoms with van der Waals surface area (Å²) in [6, 6.07) is 2.11. The van der Waals surface area contributed by atoms with Crippen molar-refractivity contribution in [1.82, 2.24) is 4.72 Å². The van der Waals surface area contributed by atoms with Gasteiger partial charge in [-0.1, -0.05) is 30.1 Å². The Bertz CT molecular complexity index is 617. The summed E-state index contributed by atoms with van der Waals surface area (Å²) in [5.41, 5.74) is -0.407. The second-order valence-corrected chi connectivity index (χ2v) is 6.53. The molecule has 0 spiro atoms. The number of halogens is 2. The first-order chi connectivity index (χ1) is 9.19. The molecule has 1 rings (SSSR count). The van der Waals surface area contributed by atoms with E-state index in [0.717, 1.165) is 12.1 Å². The smallest absolute Gasteiger partial charge is 0.337 e. The van der Waals surface area contributed by atoms with Crippen molar-refractivity contribution in [3.05, 3.63) is 27.7 Å². The molecule has 1 unspecified atom stereocenters. The molecule has 0 aliphatic carbocycles. The number of carbonyl (C=O) groups is 1. The summed E-state index contributed by atoms with van der Waals surface area (Å²) >= 11 is 11.5. The highest BCUT2D eigenvalue weighted by molar-refractivity contribution is 7.89. The van der Waals surface area contributed by atoms with Gasteiger partial charge in [0.1, 0.15) is 4.90 Å². The average molecular weight is 342 g/mol. The zero-order valence-corrected chi connectivity index (χ0v) is 12.8. The lowest BCUT2D eigenvalue weighted by atomic mass is 10.2. The summed E-state index contributed by atoms with van der Waals surface area (Å²) in [5.74, 6) is -1.39. The van der Waals surface area contributed by atoms with Crippen molar-refractivity contribution >= 4 is 39.2 Å². The Labute approximate surface area is 126 Å². The van der Waals surface area contributed by atoms with Crippen molar-refractivity contribution in [3.63, 3.8) is 0 Å². The number of hydrogen-bond donors (Lipinski definition) is 3. The van der Waals surface area contributed by atoms with Crippen LogP contribution in [0.5, 0.6) is 0 Å². The Hall–Kier alpha value is -0.860. The second kappa shape index (κ2) is 6.73. The molecule has 112 valence electrons. The molecule has 0 heterocycles. The number of aromatic carboxylic acids is 1. The molecule has 0 radical (unpaired) electrons. The molecule has 0 amide bonds. The van der Waals surface area contributed by atoms with Crippen LogP contribution in [0, 0.1) is 0 Å². The number of carboxylic acid groups (broad SMARTS) is 1. The summed E-state index contributed by atoms with van der Waals surface area (Å²) in [5, 5.41) is 17.8. The molecule has 0 fully saturated rings. The van der Waals surface area contributed by atoms with E-state index in [0.29, 0.717) is 6.42 Å². The first kappa shape index (κ1) is 17.2. The fourth-order valence-electron chi connectivity index (χ4n) is 1.34. The maximum atomic E-state index is 12.0. The molecule has 1 aromatic carbocycles. The molecular formula is C11H13Cl2NO5S. The third-order valence-corrected chi connectivity index (χ3v) is 4.69. The van der Waals surface area contributed by atoms with Crippen LogP contribution in [-0.4, -0.2) is 37.2 Å². The Kier molecular flexibility index (Phi) is 5.79. The predicted octanol–water partition coefficient (Wildman–Crippen LogP) is 1.74. The molecule has 0 aliphatic rings. The van der Waals surface area contributed by atoms with Crippen molar-refractivity contribution < 1.29 is 23.4 Å². The number of hydrogen-bond acceptors (Lipinski definition) is 4. The third-order valence-electron chi connectivity index (χ3n) is 2.50. The molecule has 20 heavy (non-hydrogen) atoms. The molecule has 0 aliphatic heterocycles. The maximum absolute atomic E-state index is 12.0. The minimum atomic E-state index is -4.06. The lowest BCUT2D eigenvalue weighted by Crippen LogP contribution is -2.32. The van der Waals surface area contributed by atoms with Crippen molar-refractivity contribution in [2.75, 3.05) is 6.54 Å². The zero-order valence-electron chi connectivity index (χ0n) is 10.4. The van der Waals surface area contributed by atoms with Crippen LogP contribution in [0.2, 0.25) is 10.0 Å². The van der Waals surface area contributed by atoms with Gasteiger partial charge in [0.25, 0.3) is 0 Å². The van der Waals surface area contributed by atoms with E-state index in [4.69, 9.17) is 28.3 Å². The number of rotatable bonds is 6. The molecule has 1 aromatic rings. The van der Waals surface area contributed by atoms with Gasteiger partial charge in [0.15, 0.2) is 0 Å². The first-order valence-corrected chi connectivity index (χ1v) is 7.83. The average Bonchev–Trinajstić information content (AvgIpc) is 2.37. The van der Waals surface area contributed by atoms with Gasteiger partial charge in [0.05, 0.1) is 16.7 Å². The van der Waals surface area contributed by atoms with Crippen LogP contribution in [0.1, 0.15) is 23.7 Å². The van der Waals surface area contributed by atoms with E-state index in [1.807, 2.05) is 0 Å². The Morgan fingerprint density at radius 1 is 1.40 bits per heavy atom. The van der Waals surface area contributed by atoms with Crippen molar-refractivity contribution in [3.8, 4) is 0 Å². The predicted molar refractivity (Wildman–Crippen MR) is 74.9 cm³/mol. The number of aliphatic hydroxyl groups excluding tert-OH is 1. The van der Waals surface area contributed by atoms with Gasteiger partial charge < -0.3 is 10.2 Å². The SMILES string of the molecule is CCC(O)CNS(=O)(=O)c1cc(Cl)cc(C(=O)O)c1Cl. The van der Waals surface area contributed by atoms with E-state index >= 15 is 0 Å². The molecule has 0 bridgehead atoms. The van der Waals surface area contributed by atoms with Gasteiger partial charge in [-0.05, 0) is 18.6 Å². The van der Waals surface area contributed by atoms with Crippen LogP contribution in [0.4, 0.5) is 0 Å². The third kappa shape index (κ3) is 4.07. The summed E-state index contributed by atoms with van der Waals surface area (Å²) in [6.45, 7) is 1.48.